The Labute approximate surface area is 127 Å². The van der Waals surface area contributed by atoms with Crippen molar-refractivity contribution < 1.29 is 9.53 Å². The Kier molecular flexibility index (Phi) is 5.58. The Morgan fingerprint density at radius 2 is 2.19 bits per heavy atom. The predicted molar refractivity (Wildman–Crippen MR) is 79.7 cm³/mol. The molecule has 1 saturated heterocycles. The number of nitrogens with one attached hydrogen (secondary N) is 1. The number of anilines is 1. The molecule has 1 amide bonds. The Morgan fingerprint density at radius 3 is 2.86 bits per heavy atom. The van der Waals surface area contributed by atoms with Crippen LogP contribution in [0.1, 0.15) is 12.8 Å². The third-order valence-corrected chi connectivity index (χ3v) is 3.75. The van der Waals surface area contributed by atoms with E-state index in [1.54, 1.807) is 12.0 Å². The zero-order valence-corrected chi connectivity index (χ0v) is 12.7. The molecule has 0 saturated carbocycles. The van der Waals surface area contributed by atoms with Crippen LogP contribution < -0.4 is 10.9 Å². The zero-order valence-electron chi connectivity index (χ0n) is 12.0. The molecule has 0 bridgehead atoms. The van der Waals surface area contributed by atoms with E-state index in [1.807, 2.05) is 0 Å². The van der Waals surface area contributed by atoms with Crippen molar-refractivity contribution >= 4 is 23.2 Å². The van der Waals surface area contributed by atoms with Crippen LogP contribution in [-0.4, -0.2) is 53.9 Å². The second-order valence-corrected chi connectivity index (χ2v) is 5.21. The van der Waals surface area contributed by atoms with Crippen LogP contribution in [0.15, 0.2) is 11.0 Å². The molecule has 1 aromatic rings. The molecule has 0 unspecified atom stereocenters. The summed E-state index contributed by atoms with van der Waals surface area (Å²) in [5.41, 5.74) is -0.0183. The minimum Gasteiger partial charge on any atom is -0.383 e. The number of methoxy groups -OCH3 is 1. The van der Waals surface area contributed by atoms with E-state index in [0.717, 1.165) is 25.9 Å². The van der Waals surface area contributed by atoms with Crippen molar-refractivity contribution in [1.29, 1.82) is 0 Å². The summed E-state index contributed by atoms with van der Waals surface area (Å²) in [5.74, 6) is 0.00660. The van der Waals surface area contributed by atoms with Crippen molar-refractivity contribution in [3.05, 3.63) is 21.6 Å². The number of carbonyl (C=O) groups excluding carboxylic acids is 1. The lowest BCUT2D eigenvalue weighted by Crippen LogP contribution is -2.33. The van der Waals surface area contributed by atoms with Gasteiger partial charge in [0.2, 0.25) is 5.91 Å². The summed E-state index contributed by atoms with van der Waals surface area (Å²) in [6.07, 6.45) is 3.55. The van der Waals surface area contributed by atoms with Gasteiger partial charge in [-0.2, -0.15) is 5.10 Å². The quantitative estimate of drug-likeness (QED) is 0.831. The predicted octanol–water partition coefficient (Wildman–Crippen LogP) is 0.577. The number of carbonyl (C=O) groups is 1. The van der Waals surface area contributed by atoms with Crippen LogP contribution in [-0.2, 0) is 16.1 Å². The Balaban J connectivity index is 1.98. The first-order chi connectivity index (χ1) is 10.1. The number of likely N-dealkylation sites (tertiary alicyclic amines) is 1. The molecule has 116 valence electrons. The highest BCUT2D eigenvalue weighted by molar-refractivity contribution is 6.33. The molecule has 21 heavy (non-hydrogen) atoms. The molecule has 0 spiro atoms. The van der Waals surface area contributed by atoms with Crippen molar-refractivity contribution in [2.24, 2.45) is 0 Å². The summed E-state index contributed by atoms with van der Waals surface area (Å²) < 4.78 is 6.13. The molecule has 1 aliphatic rings. The second kappa shape index (κ2) is 7.42. The summed E-state index contributed by atoms with van der Waals surface area (Å²) >= 11 is 6.02. The molecule has 1 aliphatic heterocycles. The van der Waals surface area contributed by atoms with E-state index in [2.05, 4.69) is 10.4 Å². The van der Waals surface area contributed by atoms with Crippen LogP contribution in [0.25, 0.3) is 0 Å². The molecule has 8 heteroatoms. The highest BCUT2D eigenvalue weighted by Gasteiger charge is 2.18. The Morgan fingerprint density at radius 1 is 1.48 bits per heavy atom. The topological polar surface area (TPSA) is 76.5 Å². The third kappa shape index (κ3) is 3.95. The maximum absolute atomic E-state index is 12.0. The van der Waals surface area contributed by atoms with E-state index >= 15 is 0 Å². The van der Waals surface area contributed by atoms with Gasteiger partial charge in [-0.05, 0) is 12.8 Å². The minimum atomic E-state index is -0.396. The second-order valence-electron chi connectivity index (χ2n) is 4.83. The van der Waals surface area contributed by atoms with E-state index < -0.39 is 5.56 Å². The Bertz CT molecular complexity index is 555. The fourth-order valence-corrected chi connectivity index (χ4v) is 2.39. The van der Waals surface area contributed by atoms with Crippen molar-refractivity contribution in [2.75, 3.05) is 38.7 Å². The van der Waals surface area contributed by atoms with E-state index in [0.29, 0.717) is 18.8 Å². The highest BCUT2D eigenvalue weighted by atomic mass is 35.5. The molecule has 0 aromatic carbocycles. The molecule has 2 heterocycles. The zero-order chi connectivity index (χ0) is 15.2. The third-order valence-electron chi connectivity index (χ3n) is 3.38. The molecule has 0 atom stereocenters. The van der Waals surface area contributed by atoms with E-state index in [9.17, 15) is 9.59 Å². The first-order valence-corrected chi connectivity index (χ1v) is 7.27. The SMILES string of the molecule is COCCn1ncc(NCC(=O)N2CCCC2)c(Cl)c1=O. The number of hydrogen-bond acceptors (Lipinski definition) is 5. The van der Waals surface area contributed by atoms with Gasteiger partial charge in [0.15, 0.2) is 0 Å². The number of nitrogens with zero attached hydrogens (tertiary/aromatic N) is 3. The largest absolute Gasteiger partial charge is 0.383 e. The van der Waals surface area contributed by atoms with Gasteiger partial charge < -0.3 is 15.0 Å². The number of aromatic nitrogens is 2. The molecule has 0 aliphatic carbocycles. The van der Waals surface area contributed by atoms with Crippen LogP contribution in [0.4, 0.5) is 5.69 Å². The molecule has 1 N–H and O–H groups in total. The number of ether oxygens (including phenoxy) is 1. The summed E-state index contributed by atoms with van der Waals surface area (Å²) in [7, 11) is 1.55. The van der Waals surface area contributed by atoms with Crippen LogP contribution in [0.5, 0.6) is 0 Å². The monoisotopic (exact) mass is 314 g/mol. The average Bonchev–Trinajstić information content (AvgIpc) is 3.02. The maximum Gasteiger partial charge on any atom is 0.287 e. The van der Waals surface area contributed by atoms with E-state index in [4.69, 9.17) is 16.3 Å². The van der Waals surface area contributed by atoms with Gasteiger partial charge in [0, 0.05) is 20.2 Å². The maximum atomic E-state index is 12.0. The number of rotatable bonds is 6. The van der Waals surface area contributed by atoms with Gasteiger partial charge in [-0.1, -0.05) is 11.6 Å². The summed E-state index contributed by atoms with van der Waals surface area (Å²) in [6.45, 7) is 2.42. The van der Waals surface area contributed by atoms with Gasteiger partial charge in [-0.15, -0.1) is 0 Å². The van der Waals surface area contributed by atoms with Crippen LogP contribution in [0, 0.1) is 0 Å². The number of hydrogen-bond donors (Lipinski definition) is 1. The lowest BCUT2D eigenvalue weighted by molar-refractivity contribution is -0.128. The molecule has 2 rings (SSSR count). The minimum absolute atomic E-state index is 0.00660. The van der Waals surface area contributed by atoms with Gasteiger partial charge in [-0.25, -0.2) is 4.68 Å². The summed E-state index contributed by atoms with van der Waals surface area (Å²) in [4.78, 5) is 25.7. The highest BCUT2D eigenvalue weighted by Crippen LogP contribution is 2.15. The lowest BCUT2D eigenvalue weighted by Gasteiger charge is -2.16. The van der Waals surface area contributed by atoms with Crippen LogP contribution in [0.2, 0.25) is 5.02 Å². The van der Waals surface area contributed by atoms with E-state index in [-0.39, 0.29) is 17.5 Å². The average molecular weight is 315 g/mol. The van der Waals surface area contributed by atoms with Crippen molar-refractivity contribution in [2.45, 2.75) is 19.4 Å². The van der Waals surface area contributed by atoms with E-state index in [1.165, 1.54) is 10.9 Å². The summed E-state index contributed by atoms with van der Waals surface area (Å²) in [6, 6.07) is 0. The van der Waals surface area contributed by atoms with Crippen molar-refractivity contribution in [3.8, 4) is 0 Å². The van der Waals surface area contributed by atoms with Crippen molar-refractivity contribution in [3.63, 3.8) is 0 Å². The number of halogens is 1. The smallest absolute Gasteiger partial charge is 0.287 e. The summed E-state index contributed by atoms with van der Waals surface area (Å²) in [5, 5.41) is 6.93. The normalized spacial score (nSPS) is 14.5. The first-order valence-electron chi connectivity index (χ1n) is 6.89. The van der Waals surface area contributed by atoms with Gasteiger partial charge in [0.05, 0.1) is 31.6 Å². The van der Waals surface area contributed by atoms with Crippen molar-refractivity contribution in [1.82, 2.24) is 14.7 Å². The molecular formula is C13H19ClN4O3. The van der Waals surface area contributed by atoms with Crippen LogP contribution >= 0.6 is 11.6 Å². The number of amides is 1. The first kappa shape index (κ1) is 15.8. The fourth-order valence-electron chi connectivity index (χ4n) is 2.17. The Hall–Kier alpha value is -1.60. The lowest BCUT2D eigenvalue weighted by atomic mass is 10.4. The molecule has 0 radical (unpaired) electrons. The van der Waals surface area contributed by atoms with Gasteiger partial charge >= 0.3 is 0 Å². The standard InChI is InChI=1S/C13H19ClN4O3/c1-21-7-6-18-13(20)12(14)10(8-16-18)15-9-11(19)17-4-2-3-5-17/h8,15H,2-7,9H2,1H3. The van der Waals surface area contributed by atoms with Gasteiger partial charge in [0.1, 0.15) is 5.02 Å². The molecular weight excluding hydrogens is 296 g/mol. The molecule has 7 nitrogen and oxygen atoms in total. The molecule has 1 fully saturated rings. The van der Waals surface area contributed by atoms with Gasteiger partial charge in [0.25, 0.3) is 5.56 Å². The van der Waals surface area contributed by atoms with Gasteiger partial charge in [-0.3, -0.25) is 9.59 Å². The fraction of sp³-hybridized carbons (Fsp3) is 0.615. The van der Waals surface area contributed by atoms with Crippen LogP contribution in [0.3, 0.4) is 0 Å². The molecule has 1 aromatic heterocycles.